The van der Waals surface area contributed by atoms with Gasteiger partial charge in [0.1, 0.15) is 5.76 Å². The molecule has 0 aliphatic heterocycles. The van der Waals surface area contributed by atoms with E-state index >= 15 is 0 Å². The fourth-order valence-electron chi connectivity index (χ4n) is 4.94. The second-order valence-corrected chi connectivity index (χ2v) is 10.7. The van der Waals surface area contributed by atoms with Gasteiger partial charge in [0, 0.05) is 36.5 Å². The summed E-state index contributed by atoms with van der Waals surface area (Å²) in [6, 6.07) is 12.9. The Hall–Kier alpha value is -3.68. The molecule has 4 nitrogen and oxygen atoms in total. The van der Waals surface area contributed by atoms with Gasteiger partial charge in [0.25, 0.3) is 5.92 Å². The molecule has 0 radical (unpaired) electrons. The highest BCUT2D eigenvalue weighted by atomic mass is 19.3. The van der Waals surface area contributed by atoms with Gasteiger partial charge in [0.15, 0.2) is 5.78 Å². The number of hydrogen-bond donors (Lipinski definition) is 2. The summed E-state index contributed by atoms with van der Waals surface area (Å²) >= 11 is 0. The summed E-state index contributed by atoms with van der Waals surface area (Å²) < 4.78 is 55.2. The zero-order chi connectivity index (χ0) is 30.3. The van der Waals surface area contributed by atoms with Crippen LogP contribution in [0.25, 0.3) is 5.57 Å². The predicted molar refractivity (Wildman–Crippen MR) is 153 cm³/mol. The fraction of sp³-hybridized carbons (Fsp3) is 0.394. The molecule has 2 N–H and O–H groups in total. The maximum Gasteiger partial charge on any atom is 0.271 e. The molecule has 220 valence electrons. The van der Waals surface area contributed by atoms with E-state index in [1.165, 1.54) is 6.92 Å². The Morgan fingerprint density at radius 3 is 2.29 bits per heavy atom. The molecule has 0 aromatic heterocycles. The van der Waals surface area contributed by atoms with E-state index in [4.69, 9.17) is 0 Å². The Kier molecular flexibility index (Phi) is 10.7. The third-order valence-corrected chi connectivity index (χ3v) is 7.33. The number of carbonyl (C=O) groups is 2. The second-order valence-electron chi connectivity index (χ2n) is 10.7. The molecule has 2 aromatic rings. The van der Waals surface area contributed by atoms with Crippen molar-refractivity contribution < 1.29 is 32.3 Å². The number of ketones is 1. The summed E-state index contributed by atoms with van der Waals surface area (Å²) in [5, 5.41) is 13.6. The summed E-state index contributed by atoms with van der Waals surface area (Å²) in [6.07, 6.45) is -0.767. The smallest absolute Gasteiger partial charge is 0.271 e. The van der Waals surface area contributed by atoms with Crippen molar-refractivity contribution in [2.45, 2.75) is 84.1 Å². The molecule has 1 fully saturated rings. The highest BCUT2D eigenvalue weighted by Crippen LogP contribution is 2.38. The number of aliphatic hydroxyl groups is 1. The first-order valence-corrected chi connectivity index (χ1v) is 13.7. The highest BCUT2D eigenvalue weighted by Gasteiger charge is 2.34. The van der Waals surface area contributed by atoms with E-state index in [0.29, 0.717) is 35.1 Å². The number of Topliss-reactive ketones (excluding diaryl/α,β-unsaturated/α-hetero) is 1. The monoisotopic (exact) mass is 571 g/mol. The van der Waals surface area contributed by atoms with Crippen LogP contribution in [0.4, 0.5) is 17.6 Å². The van der Waals surface area contributed by atoms with Gasteiger partial charge in [-0.25, -0.2) is 17.6 Å². The molecule has 2 aromatic carbocycles. The Morgan fingerprint density at radius 2 is 1.73 bits per heavy atom. The molecule has 1 unspecified atom stereocenters. The molecule has 41 heavy (non-hydrogen) atoms. The molecular weight excluding hydrogens is 534 g/mol. The van der Waals surface area contributed by atoms with Gasteiger partial charge >= 0.3 is 0 Å². The number of carbonyl (C=O) groups excluding carboxylic acids is 2. The largest absolute Gasteiger partial charge is 0.510 e. The average Bonchev–Trinajstić information content (AvgIpc) is 2.85. The van der Waals surface area contributed by atoms with Gasteiger partial charge in [-0.15, -0.1) is 0 Å². The number of amides is 1. The number of aryl methyl sites for hydroxylation is 1. The van der Waals surface area contributed by atoms with Gasteiger partial charge in [-0.1, -0.05) is 55.1 Å². The number of alkyl halides is 4. The van der Waals surface area contributed by atoms with Crippen LogP contribution in [0.15, 0.2) is 77.6 Å². The lowest BCUT2D eigenvalue weighted by Gasteiger charge is -2.26. The second kappa shape index (κ2) is 13.8. The van der Waals surface area contributed by atoms with Gasteiger partial charge in [0.05, 0.1) is 6.04 Å². The molecule has 1 aliphatic carbocycles. The van der Waals surface area contributed by atoms with Crippen molar-refractivity contribution >= 4 is 17.3 Å². The van der Waals surface area contributed by atoms with E-state index in [2.05, 4.69) is 11.9 Å². The topological polar surface area (TPSA) is 66.4 Å². The zero-order valence-electron chi connectivity index (χ0n) is 23.7. The number of halogens is 4. The van der Waals surface area contributed by atoms with E-state index < -0.39 is 36.5 Å². The van der Waals surface area contributed by atoms with Crippen LogP contribution in [0.5, 0.6) is 0 Å². The average molecular weight is 572 g/mol. The van der Waals surface area contributed by atoms with E-state index in [9.17, 15) is 32.3 Å². The highest BCUT2D eigenvalue weighted by molar-refractivity contribution is 6.03. The van der Waals surface area contributed by atoms with Gasteiger partial charge in [-0.2, -0.15) is 0 Å². The third-order valence-electron chi connectivity index (χ3n) is 7.33. The number of aliphatic hydroxyl groups excluding tert-OH is 1. The summed E-state index contributed by atoms with van der Waals surface area (Å²) in [5.41, 5.74) is 2.76. The summed E-state index contributed by atoms with van der Waals surface area (Å²) in [4.78, 5) is 25.4. The first-order chi connectivity index (χ1) is 19.3. The number of nitrogens with one attached hydrogen (secondary N) is 1. The van der Waals surface area contributed by atoms with Crippen molar-refractivity contribution in [3.8, 4) is 0 Å². The Balaban J connectivity index is 1.93. The molecule has 1 amide bonds. The molecule has 0 spiro atoms. The minimum absolute atomic E-state index is 0.00330. The molecule has 0 saturated heterocycles. The minimum Gasteiger partial charge on any atom is -0.510 e. The third kappa shape index (κ3) is 8.65. The lowest BCUT2D eigenvalue weighted by atomic mass is 9.86. The lowest BCUT2D eigenvalue weighted by molar-refractivity contribution is -0.118. The lowest BCUT2D eigenvalue weighted by Crippen LogP contribution is -2.39. The first-order valence-electron chi connectivity index (χ1n) is 13.7. The van der Waals surface area contributed by atoms with Crippen molar-refractivity contribution in [3.05, 3.63) is 99.8 Å². The van der Waals surface area contributed by atoms with Crippen LogP contribution in [0.3, 0.4) is 0 Å². The van der Waals surface area contributed by atoms with Crippen molar-refractivity contribution in [1.82, 2.24) is 5.32 Å². The molecule has 0 heterocycles. The molecule has 0 bridgehead atoms. The van der Waals surface area contributed by atoms with Crippen LogP contribution < -0.4 is 5.32 Å². The van der Waals surface area contributed by atoms with E-state index in [1.54, 1.807) is 55.5 Å². The van der Waals surface area contributed by atoms with Crippen LogP contribution in [0, 0.1) is 6.92 Å². The number of benzene rings is 2. The molecule has 1 aliphatic rings. The quantitative estimate of drug-likeness (QED) is 0.146. The van der Waals surface area contributed by atoms with Crippen LogP contribution in [-0.4, -0.2) is 35.2 Å². The zero-order valence-corrected chi connectivity index (χ0v) is 23.7. The minimum atomic E-state index is -3.27. The SMILES string of the molecule is C=C(CCC(F)F)C(=O)NC(Cc1cccc(C/C(C(C)=O)=C(/c2ccccc2C)C(C)(F)F)c1)C(O)=C1CCC1. The standard InChI is InChI=1S/C33H37F4NO3/c1-20-9-5-6-14-26(20)30(33(4,36)37)27(22(3)39)18-23-10-7-11-24(17-23)19-28(31(40)25-12-8-13-25)38-32(41)21(2)15-16-29(34)35/h5-7,9-11,14,17,28-29,40H,2,8,12-13,15-16,18-19H2,1,3-4H3,(H,38,41)/b30-27+. The summed E-state index contributed by atoms with van der Waals surface area (Å²) in [7, 11) is 0. The summed E-state index contributed by atoms with van der Waals surface area (Å²) in [5.74, 6) is -4.32. The number of hydrogen-bond acceptors (Lipinski definition) is 3. The van der Waals surface area contributed by atoms with Gasteiger partial charge in [-0.05, 0) is 73.8 Å². The molecule has 1 saturated carbocycles. The molecular formula is C33H37F4NO3. The van der Waals surface area contributed by atoms with Crippen molar-refractivity contribution in [3.63, 3.8) is 0 Å². The van der Waals surface area contributed by atoms with E-state index in [0.717, 1.165) is 18.9 Å². The number of rotatable bonds is 13. The number of allylic oxidation sites excluding steroid dienone is 3. The molecule has 8 heteroatoms. The Morgan fingerprint density at radius 1 is 1.07 bits per heavy atom. The molecule has 3 rings (SSSR count). The Bertz CT molecular complexity index is 1350. The fourth-order valence-corrected chi connectivity index (χ4v) is 4.94. The van der Waals surface area contributed by atoms with E-state index in [-0.39, 0.29) is 41.7 Å². The van der Waals surface area contributed by atoms with Crippen molar-refractivity contribution in [1.29, 1.82) is 0 Å². The first kappa shape index (κ1) is 31.8. The summed E-state index contributed by atoms with van der Waals surface area (Å²) in [6.45, 7) is 7.40. The normalized spacial score (nSPS) is 14.7. The van der Waals surface area contributed by atoms with Crippen molar-refractivity contribution in [2.75, 3.05) is 0 Å². The maximum atomic E-state index is 15.0. The van der Waals surface area contributed by atoms with Crippen LogP contribution in [0.1, 0.15) is 68.2 Å². The van der Waals surface area contributed by atoms with Crippen LogP contribution >= 0.6 is 0 Å². The molecule has 1 atom stereocenters. The van der Waals surface area contributed by atoms with Gasteiger partial charge in [-0.3, -0.25) is 9.59 Å². The van der Waals surface area contributed by atoms with Gasteiger partial charge < -0.3 is 10.4 Å². The maximum absolute atomic E-state index is 15.0. The van der Waals surface area contributed by atoms with Gasteiger partial charge in [0.2, 0.25) is 12.3 Å². The Labute approximate surface area is 238 Å². The van der Waals surface area contributed by atoms with Crippen LogP contribution in [-0.2, 0) is 22.4 Å². The van der Waals surface area contributed by atoms with Crippen molar-refractivity contribution in [2.24, 2.45) is 0 Å². The predicted octanol–water partition coefficient (Wildman–Crippen LogP) is 7.86. The van der Waals surface area contributed by atoms with E-state index in [1.807, 2.05) is 0 Å². The van der Waals surface area contributed by atoms with Crippen LogP contribution in [0.2, 0.25) is 0 Å².